The highest BCUT2D eigenvalue weighted by Gasteiger charge is 2.29. The van der Waals surface area contributed by atoms with Crippen LogP contribution in [0.15, 0.2) is 23.2 Å². The maximum absolute atomic E-state index is 12.3. The SMILES string of the molecule is CCNC(=NCc1ccc(OCC(F)(F)F)c(OC)c1)NC(C)COC.I. The fraction of sp³-hybridized carbons (Fsp3) is 0.588. The Labute approximate surface area is 174 Å². The molecule has 0 radical (unpaired) electrons. The average Bonchev–Trinajstić information content (AvgIpc) is 2.57. The largest absolute Gasteiger partial charge is 0.493 e. The summed E-state index contributed by atoms with van der Waals surface area (Å²) in [7, 11) is 3.00. The molecule has 1 aromatic carbocycles. The Bertz CT molecular complexity index is 586. The Morgan fingerprint density at radius 3 is 2.48 bits per heavy atom. The van der Waals surface area contributed by atoms with Crippen LogP contribution in [0, 0.1) is 0 Å². The van der Waals surface area contributed by atoms with E-state index < -0.39 is 12.8 Å². The van der Waals surface area contributed by atoms with Crippen LogP contribution in [0.2, 0.25) is 0 Å². The molecule has 2 N–H and O–H groups in total. The summed E-state index contributed by atoms with van der Waals surface area (Å²) in [6.45, 7) is 4.10. The lowest BCUT2D eigenvalue weighted by molar-refractivity contribution is -0.153. The molecular formula is C17H27F3IN3O3. The van der Waals surface area contributed by atoms with Gasteiger partial charge in [-0.25, -0.2) is 4.99 Å². The maximum Gasteiger partial charge on any atom is 0.422 e. The number of guanidine groups is 1. The third-order valence-electron chi connectivity index (χ3n) is 3.18. The molecule has 0 aliphatic heterocycles. The van der Waals surface area contributed by atoms with E-state index >= 15 is 0 Å². The van der Waals surface area contributed by atoms with Gasteiger partial charge in [0.05, 0.1) is 20.3 Å². The number of ether oxygens (including phenoxy) is 3. The second-order valence-electron chi connectivity index (χ2n) is 5.58. The minimum atomic E-state index is -4.40. The number of hydrogen-bond acceptors (Lipinski definition) is 4. The molecule has 0 saturated carbocycles. The lowest BCUT2D eigenvalue weighted by atomic mass is 10.2. The smallest absolute Gasteiger partial charge is 0.422 e. The molecule has 27 heavy (non-hydrogen) atoms. The summed E-state index contributed by atoms with van der Waals surface area (Å²) in [6.07, 6.45) is -4.40. The van der Waals surface area contributed by atoms with Crippen LogP contribution >= 0.6 is 24.0 Å². The number of aliphatic imine (C=N–C) groups is 1. The zero-order valence-corrected chi connectivity index (χ0v) is 18.2. The number of methoxy groups -OCH3 is 2. The van der Waals surface area contributed by atoms with Gasteiger partial charge in [-0.2, -0.15) is 13.2 Å². The van der Waals surface area contributed by atoms with E-state index in [1.807, 2.05) is 13.8 Å². The van der Waals surface area contributed by atoms with Gasteiger partial charge in [-0.3, -0.25) is 0 Å². The second kappa shape index (κ2) is 12.9. The van der Waals surface area contributed by atoms with Gasteiger partial charge in [-0.1, -0.05) is 6.07 Å². The van der Waals surface area contributed by atoms with Crippen molar-refractivity contribution in [3.63, 3.8) is 0 Å². The van der Waals surface area contributed by atoms with Crippen LogP contribution in [-0.2, 0) is 11.3 Å². The van der Waals surface area contributed by atoms with Crippen molar-refractivity contribution in [3.05, 3.63) is 23.8 Å². The highest BCUT2D eigenvalue weighted by Crippen LogP contribution is 2.30. The van der Waals surface area contributed by atoms with Crippen LogP contribution in [0.4, 0.5) is 13.2 Å². The number of nitrogens with one attached hydrogen (secondary N) is 2. The van der Waals surface area contributed by atoms with Gasteiger partial charge in [0, 0.05) is 19.7 Å². The van der Waals surface area contributed by atoms with Crippen molar-refractivity contribution in [2.75, 3.05) is 34.0 Å². The third kappa shape index (κ3) is 10.5. The summed E-state index contributed by atoms with van der Waals surface area (Å²) < 4.78 is 51.8. The number of halogens is 4. The summed E-state index contributed by atoms with van der Waals surface area (Å²) >= 11 is 0. The predicted octanol–water partition coefficient (Wildman–Crippen LogP) is 3.34. The van der Waals surface area contributed by atoms with Gasteiger partial charge < -0.3 is 24.8 Å². The fourth-order valence-electron chi connectivity index (χ4n) is 2.10. The van der Waals surface area contributed by atoms with Crippen LogP contribution in [0.1, 0.15) is 19.4 Å². The van der Waals surface area contributed by atoms with Crippen molar-refractivity contribution in [2.24, 2.45) is 4.99 Å². The molecule has 0 aliphatic rings. The molecular weight excluding hydrogens is 478 g/mol. The molecule has 0 aliphatic carbocycles. The van der Waals surface area contributed by atoms with Gasteiger partial charge in [-0.15, -0.1) is 24.0 Å². The van der Waals surface area contributed by atoms with E-state index in [0.717, 1.165) is 5.56 Å². The Morgan fingerprint density at radius 1 is 1.22 bits per heavy atom. The summed E-state index contributed by atoms with van der Waals surface area (Å²) in [6, 6.07) is 4.78. The van der Waals surface area contributed by atoms with E-state index in [-0.39, 0.29) is 41.5 Å². The molecule has 0 bridgehead atoms. The van der Waals surface area contributed by atoms with Crippen molar-refractivity contribution >= 4 is 29.9 Å². The van der Waals surface area contributed by atoms with Gasteiger partial charge in [0.1, 0.15) is 0 Å². The summed E-state index contributed by atoms with van der Waals surface area (Å²) in [5, 5.41) is 6.32. The fourth-order valence-corrected chi connectivity index (χ4v) is 2.10. The van der Waals surface area contributed by atoms with E-state index in [2.05, 4.69) is 15.6 Å². The normalized spacial score (nSPS) is 12.8. The zero-order valence-electron chi connectivity index (χ0n) is 15.9. The quantitative estimate of drug-likeness (QED) is 0.306. The molecule has 0 heterocycles. The topological polar surface area (TPSA) is 64.1 Å². The number of nitrogens with zero attached hydrogens (tertiary/aromatic N) is 1. The summed E-state index contributed by atoms with van der Waals surface area (Å²) in [5.74, 6) is 0.886. The van der Waals surface area contributed by atoms with E-state index in [0.29, 0.717) is 25.7 Å². The highest BCUT2D eigenvalue weighted by molar-refractivity contribution is 14.0. The first kappa shape index (κ1) is 25.6. The monoisotopic (exact) mass is 505 g/mol. The van der Waals surface area contributed by atoms with Crippen LogP contribution in [0.25, 0.3) is 0 Å². The van der Waals surface area contributed by atoms with E-state index in [4.69, 9.17) is 14.2 Å². The maximum atomic E-state index is 12.3. The van der Waals surface area contributed by atoms with Crippen LogP contribution < -0.4 is 20.1 Å². The molecule has 1 unspecified atom stereocenters. The van der Waals surface area contributed by atoms with Gasteiger partial charge >= 0.3 is 6.18 Å². The van der Waals surface area contributed by atoms with Crippen molar-refractivity contribution in [1.29, 1.82) is 0 Å². The van der Waals surface area contributed by atoms with Gasteiger partial charge in [0.15, 0.2) is 24.1 Å². The predicted molar refractivity (Wildman–Crippen MR) is 109 cm³/mol. The Kier molecular flexibility index (Phi) is 12.2. The molecule has 0 spiro atoms. The van der Waals surface area contributed by atoms with Crippen LogP contribution in [-0.4, -0.2) is 52.2 Å². The Morgan fingerprint density at radius 2 is 1.93 bits per heavy atom. The van der Waals surface area contributed by atoms with Crippen LogP contribution in [0.5, 0.6) is 11.5 Å². The first-order valence-corrected chi connectivity index (χ1v) is 8.19. The molecule has 1 atom stereocenters. The number of alkyl halides is 3. The van der Waals surface area contributed by atoms with Gasteiger partial charge in [0.25, 0.3) is 0 Å². The highest BCUT2D eigenvalue weighted by atomic mass is 127. The minimum Gasteiger partial charge on any atom is -0.493 e. The Balaban J connectivity index is 0.00000676. The molecule has 0 saturated heterocycles. The van der Waals surface area contributed by atoms with Crippen molar-refractivity contribution < 1.29 is 27.4 Å². The number of benzene rings is 1. The minimum absolute atomic E-state index is 0. The van der Waals surface area contributed by atoms with Crippen molar-refractivity contribution in [1.82, 2.24) is 10.6 Å². The summed E-state index contributed by atoms with van der Waals surface area (Å²) in [4.78, 5) is 4.46. The van der Waals surface area contributed by atoms with Crippen molar-refractivity contribution in [3.8, 4) is 11.5 Å². The molecule has 1 aromatic rings. The third-order valence-corrected chi connectivity index (χ3v) is 3.18. The average molecular weight is 505 g/mol. The second-order valence-corrected chi connectivity index (χ2v) is 5.58. The molecule has 0 amide bonds. The zero-order chi connectivity index (χ0) is 19.6. The van der Waals surface area contributed by atoms with E-state index in [9.17, 15) is 13.2 Å². The molecule has 1 rings (SSSR count). The first-order chi connectivity index (χ1) is 12.3. The lowest BCUT2D eigenvalue weighted by Gasteiger charge is -2.17. The first-order valence-electron chi connectivity index (χ1n) is 8.19. The molecule has 10 heteroatoms. The summed E-state index contributed by atoms with van der Waals surface area (Å²) in [5.41, 5.74) is 0.776. The molecule has 0 fully saturated rings. The van der Waals surface area contributed by atoms with Gasteiger partial charge in [0.2, 0.25) is 0 Å². The van der Waals surface area contributed by atoms with E-state index in [1.165, 1.54) is 13.2 Å². The number of hydrogen-bond donors (Lipinski definition) is 2. The van der Waals surface area contributed by atoms with Crippen LogP contribution in [0.3, 0.4) is 0 Å². The number of rotatable bonds is 9. The molecule has 156 valence electrons. The van der Waals surface area contributed by atoms with Gasteiger partial charge in [-0.05, 0) is 31.5 Å². The van der Waals surface area contributed by atoms with Crippen molar-refractivity contribution in [2.45, 2.75) is 32.6 Å². The van der Waals surface area contributed by atoms with E-state index in [1.54, 1.807) is 19.2 Å². The molecule has 0 aromatic heterocycles. The lowest BCUT2D eigenvalue weighted by Crippen LogP contribution is -2.43. The molecule has 6 nitrogen and oxygen atoms in total. The standard InChI is InChI=1S/C17H26F3N3O3.HI/c1-5-21-16(23-12(2)10-24-3)22-9-13-6-7-14(15(8-13)25-4)26-11-17(18,19)20;/h6-8,12H,5,9-11H2,1-4H3,(H2,21,22,23);1H. The Hall–Kier alpha value is -1.43.